The standard InChI is InChI=1S/C17H20INS/c1-11-6-8-13(9-7-11)12(2)19-15-4-3-5-16-14(15)10-17(18)20-16/h6-10,12,15,19H,3-5H2,1-2H3/t12-,15?/m0/s1. The maximum absolute atomic E-state index is 3.83. The topological polar surface area (TPSA) is 12.0 Å². The van der Waals surface area contributed by atoms with E-state index in [0.717, 1.165) is 0 Å². The lowest BCUT2D eigenvalue weighted by atomic mass is 9.93. The third-order valence-electron chi connectivity index (χ3n) is 4.11. The van der Waals surface area contributed by atoms with Crippen LogP contribution in [0.25, 0.3) is 0 Å². The second-order valence-electron chi connectivity index (χ2n) is 5.67. The Morgan fingerprint density at radius 1 is 1.30 bits per heavy atom. The summed E-state index contributed by atoms with van der Waals surface area (Å²) < 4.78 is 1.42. The smallest absolute Gasteiger partial charge is 0.0659 e. The SMILES string of the molecule is Cc1ccc([C@H](C)NC2CCCc3sc(I)cc32)cc1. The molecule has 106 valence electrons. The van der Waals surface area contributed by atoms with Crippen LogP contribution in [-0.4, -0.2) is 0 Å². The van der Waals surface area contributed by atoms with Crippen molar-refractivity contribution >= 4 is 33.9 Å². The summed E-state index contributed by atoms with van der Waals surface area (Å²) in [5, 5.41) is 3.83. The van der Waals surface area contributed by atoms with E-state index in [0.29, 0.717) is 12.1 Å². The first kappa shape index (κ1) is 14.5. The van der Waals surface area contributed by atoms with E-state index in [1.807, 2.05) is 11.3 Å². The highest BCUT2D eigenvalue weighted by molar-refractivity contribution is 14.1. The zero-order valence-electron chi connectivity index (χ0n) is 11.9. The summed E-state index contributed by atoms with van der Waals surface area (Å²) in [5.41, 5.74) is 4.26. The molecule has 0 radical (unpaired) electrons. The van der Waals surface area contributed by atoms with Crippen LogP contribution in [0.15, 0.2) is 30.3 Å². The van der Waals surface area contributed by atoms with Gasteiger partial charge in [-0.15, -0.1) is 11.3 Å². The van der Waals surface area contributed by atoms with Crippen LogP contribution in [0.5, 0.6) is 0 Å². The first-order chi connectivity index (χ1) is 9.63. The van der Waals surface area contributed by atoms with Gasteiger partial charge in [0.15, 0.2) is 0 Å². The lowest BCUT2D eigenvalue weighted by Gasteiger charge is -2.27. The van der Waals surface area contributed by atoms with Crippen molar-refractivity contribution in [3.63, 3.8) is 0 Å². The predicted molar refractivity (Wildman–Crippen MR) is 95.4 cm³/mol. The number of hydrogen-bond donors (Lipinski definition) is 1. The second kappa shape index (κ2) is 6.16. The molecular formula is C17H20INS. The molecule has 1 aromatic carbocycles. The Kier molecular flexibility index (Phi) is 4.48. The van der Waals surface area contributed by atoms with Gasteiger partial charge in [0.25, 0.3) is 0 Å². The third kappa shape index (κ3) is 3.10. The fourth-order valence-electron chi connectivity index (χ4n) is 2.95. The first-order valence-electron chi connectivity index (χ1n) is 7.24. The van der Waals surface area contributed by atoms with Crippen LogP contribution in [0.2, 0.25) is 0 Å². The average Bonchev–Trinajstić information content (AvgIpc) is 2.81. The largest absolute Gasteiger partial charge is 0.303 e. The van der Waals surface area contributed by atoms with Crippen molar-refractivity contribution in [1.82, 2.24) is 5.32 Å². The molecule has 3 heteroatoms. The van der Waals surface area contributed by atoms with Gasteiger partial charge in [-0.3, -0.25) is 0 Å². The van der Waals surface area contributed by atoms with E-state index in [2.05, 4.69) is 72.1 Å². The van der Waals surface area contributed by atoms with Gasteiger partial charge in [-0.2, -0.15) is 0 Å². The van der Waals surface area contributed by atoms with E-state index < -0.39 is 0 Å². The van der Waals surface area contributed by atoms with Gasteiger partial charge in [0.05, 0.1) is 2.88 Å². The van der Waals surface area contributed by atoms with Crippen LogP contribution in [0.1, 0.15) is 53.4 Å². The van der Waals surface area contributed by atoms with Crippen molar-refractivity contribution < 1.29 is 0 Å². The summed E-state index contributed by atoms with van der Waals surface area (Å²) in [4.78, 5) is 1.59. The molecule has 1 N–H and O–H groups in total. The minimum absolute atomic E-state index is 0.407. The number of thiophene rings is 1. The summed E-state index contributed by atoms with van der Waals surface area (Å²) in [6, 6.07) is 12.2. The number of nitrogens with one attached hydrogen (secondary N) is 1. The van der Waals surface area contributed by atoms with Crippen LogP contribution in [0, 0.1) is 9.81 Å². The lowest BCUT2D eigenvalue weighted by Crippen LogP contribution is -2.27. The molecule has 0 aliphatic heterocycles. The monoisotopic (exact) mass is 397 g/mol. The highest BCUT2D eigenvalue weighted by atomic mass is 127. The summed E-state index contributed by atoms with van der Waals surface area (Å²) in [5.74, 6) is 0. The molecule has 0 saturated heterocycles. The summed E-state index contributed by atoms with van der Waals surface area (Å²) >= 11 is 4.42. The molecular weight excluding hydrogens is 377 g/mol. The van der Waals surface area contributed by atoms with E-state index in [1.165, 1.54) is 33.3 Å². The zero-order valence-corrected chi connectivity index (χ0v) is 14.9. The summed E-state index contributed by atoms with van der Waals surface area (Å²) in [6.45, 7) is 4.42. The van der Waals surface area contributed by atoms with E-state index in [9.17, 15) is 0 Å². The van der Waals surface area contributed by atoms with Crippen LogP contribution >= 0.6 is 33.9 Å². The third-order valence-corrected chi connectivity index (χ3v) is 6.08. The number of fused-ring (bicyclic) bond motifs is 1. The van der Waals surface area contributed by atoms with Gasteiger partial charge in [-0.05, 0) is 72.9 Å². The summed E-state index contributed by atoms with van der Waals surface area (Å²) in [7, 11) is 0. The van der Waals surface area contributed by atoms with Gasteiger partial charge in [-0.1, -0.05) is 29.8 Å². The first-order valence-corrected chi connectivity index (χ1v) is 9.14. The van der Waals surface area contributed by atoms with Crippen LogP contribution in [0.3, 0.4) is 0 Å². The average molecular weight is 397 g/mol. The molecule has 1 aliphatic carbocycles. The predicted octanol–water partition coefficient (Wildman–Crippen LogP) is 5.39. The van der Waals surface area contributed by atoms with Crippen LogP contribution in [-0.2, 0) is 6.42 Å². The molecule has 0 fully saturated rings. The quantitative estimate of drug-likeness (QED) is 0.685. The zero-order chi connectivity index (χ0) is 14.1. The number of rotatable bonds is 3. The highest BCUT2D eigenvalue weighted by Gasteiger charge is 2.23. The minimum atomic E-state index is 0.407. The van der Waals surface area contributed by atoms with Gasteiger partial charge >= 0.3 is 0 Å². The molecule has 0 saturated carbocycles. The molecule has 1 aromatic heterocycles. The Bertz CT molecular complexity index is 588. The molecule has 1 nitrogen and oxygen atoms in total. The molecule has 3 rings (SSSR count). The Labute approximate surface area is 138 Å². The Morgan fingerprint density at radius 3 is 2.80 bits per heavy atom. The lowest BCUT2D eigenvalue weighted by molar-refractivity contribution is 0.418. The normalized spacial score (nSPS) is 19.6. The van der Waals surface area contributed by atoms with Crippen LogP contribution < -0.4 is 5.32 Å². The van der Waals surface area contributed by atoms with E-state index in [-0.39, 0.29) is 0 Å². The Morgan fingerprint density at radius 2 is 2.05 bits per heavy atom. The molecule has 0 amide bonds. The van der Waals surface area contributed by atoms with Gasteiger partial charge in [0.1, 0.15) is 0 Å². The molecule has 2 aromatic rings. The maximum Gasteiger partial charge on any atom is 0.0659 e. The van der Waals surface area contributed by atoms with Crippen molar-refractivity contribution in [3.05, 3.63) is 54.8 Å². The van der Waals surface area contributed by atoms with Crippen molar-refractivity contribution in [2.24, 2.45) is 0 Å². The number of hydrogen-bond acceptors (Lipinski definition) is 2. The van der Waals surface area contributed by atoms with Gasteiger partial charge in [-0.25, -0.2) is 0 Å². The Balaban J connectivity index is 1.76. The van der Waals surface area contributed by atoms with Crippen molar-refractivity contribution in [1.29, 1.82) is 0 Å². The molecule has 20 heavy (non-hydrogen) atoms. The van der Waals surface area contributed by atoms with Crippen molar-refractivity contribution in [3.8, 4) is 0 Å². The summed E-state index contributed by atoms with van der Waals surface area (Å²) in [6.07, 6.45) is 3.83. The fraction of sp³-hybridized carbons (Fsp3) is 0.412. The number of benzene rings is 1. The molecule has 1 aliphatic rings. The highest BCUT2D eigenvalue weighted by Crippen LogP contribution is 2.37. The fourth-order valence-corrected chi connectivity index (χ4v) is 5.07. The number of aryl methyl sites for hydroxylation is 2. The van der Waals surface area contributed by atoms with Gasteiger partial charge in [0.2, 0.25) is 0 Å². The second-order valence-corrected chi connectivity index (χ2v) is 8.70. The number of halogens is 1. The maximum atomic E-state index is 3.83. The van der Waals surface area contributed by atoms with E-state index in [1.54, 1.807) is 10.4 Å². The molecule has 1 heterocycles. The minimum Gasteiger partial charge on any atom is -0.303 e. The van der Waals surface area contributed by atoms with Crippen molar-refractivity contribution in [2.45, 2.75) is 45.2 Å². The van der Waals surface area contributed by atoms with Crippen LogP contribution in [0.4, 0.5) is 0 Å². The Hall–Kier alpha value is -0.390. The molecule has 1 unspecified atom stereocenters. The van der Waals surface area contributed by atoms with Crippen molar-refractivity contribution in [2.75, 3.05) is 0 Å². The van der Waals surface area contributed by atoms with Gasteiger partial charge in [0, 0.05) is 17.0 Å². The molecule has 0 bridgehead atoms. The molecule has 0 spiro atoms. The van der Waals surface area contributed by atoms with E-state index in [4.69, 9.17) is 0 Å². The van der Waals surface area contributed by atoms with Gasteiger partial charge < -0.3 is 5.32 Å². The van der Waals surface area contributed by atoms with E-state index >= 15 is 0 Å². The molecule has 2 atom stereocenters.